The molecule has 0 spiro atoms. The molecule has 16 heavy (non-hydrogen) atoms. The van der Waals surface area contributed by atoms with E-state index < -0.39 is 0 Å². The average molecular weight is 237 g/mol. The maximum absolute atomic E-state index is 11.5. The molecule has 0 saturated heterocycles. The number of carbonyl (C=O) groups is 1. The zero-order valence-corrected chi connectivity index (χ0v) is 10.7. The molecule has 1 unspecified atom stereocenters. The molecular formula is C13H19NOS. The molecule has 2 nitrogen and oxygen atoms in total. The van der Waals surface area contributed by atoms with Gasteiger partial charge in [0.25, 0.3) is 0 Å². The molecule has 0 saturated carbocycles. The molecule has 0 radical (unpaired) electrons. The third kappa shape index (κ3) is 5.21. The Bertz CT molecular complexity index is 313. The van der Waals surface area contributed by atoms with Crippen molar-refractivity contribution in [2.45, 2.75) is 32.1 Å². The lowest BCUT2D eigenvalue weighted by Crippen LogP contribution is -2.33. The number of nitrogens with one attached hydrogen (secondary N) is 1. The predicted molar refractivity (Wildman–Crippen MR) is 70.5 cm³/mol. The van der Waals surface area contributed by atoms with E-state index in [1.807, 2.05) is 25.1 Å². The molecule has 1 aromatic carbocycles. The number of benzene rings is 1. The first-order valence-electron chi connectivity index (χ1n) is 5.63. The van der Waals surface area contributed by atoms with Crippen LogP contribution in [0.15, 0.2) is 30.3 Å². The smallest absolute Gasteiger partial charge is 0.230 e. The minimum absolute atomic E-state index is 0.135. The molecule has 0 aliphatic heterocycles. The van der Waals surface area contributed by atoms with E-state index in [0.717, 1.165) is 12.2 Å². The number of carbonyl (C=O) groups excluding carboxylic acids is 1. The number of thioether (sulfide) groups is 1. The summed E-state index contributed by atoms with van der Waals surface area (Å²) in [6.07, 6.45) is 0.981. The van der Waals surface area contributed by atoms with E-state index >= 15 is 0 Å². The fourth-order valence-electron chi connectivity index (χ4n) is 1.25. The Labute approximate surface area is 102 Å². The lowest BCUT2D eigenvalue weighted by Gasteiger charge is -2.10. The summed E-state index contributed by atoms with van der Waals surface area (Å²) in [5, 5.41) is 2.96. The van der Waals surface area contributed by atoms with Crippen molar-refractivity contribution >= 4 is 17.7 Å². The lowest BCUT2D eigenvalue weighted by molar-refractivity contribution is -0.119. The largest absolute Gasteiger partial charge is 0.353 e. The molecule has 0 heterocycles. The highest BCUT2D eigenvalue weighted by molar-refractivity contribution is 7.99. The van der Waals surface area contributed by atoms with Crippen molar-refractivity contribution in [2.24, 2.45) is 0 Å². The highest BCUT2D eigenvalue weighted by Gasteiger charge is 2.04. The maximum Gasteiger partial charge on any atom is 0.230 e. The second-order valence-corrected chi connectivity index (χ2v) is 4.84. The highest BCUT2D eigenvalue weighted by Crippen LogP contribution is 2.11. The summed E-state index contributed by atoms with van der Waals surface area (Å²) in [5.74, 6) is 1.57. The summed E-state index contributed by atoms with van der Waals surface area (Å²) in [5.41, 5.74) is 1.27. The Morgan fingerprint density at radius 3 is 2.69 bits per heavy atom. The molecular weight excluding hydrogens is 218 g/mol. The predicted octanol–water partition coefficient (Wildman–Crippen LogP) is 2.83. The molecule has 1 rings (SSSR count). The molecule has 1 atom stereocenters. The summed E-state index contributed by atoms with van der Waals surface area (Å²) in [6, 6.07) is 10.5. The van der Waals surface area contributed by atoms with Crippen molar-refractivity contribution < 1.29 is 4.79 Å². The van der Waals surface area contributed by atoms with Gasteiger partial charge in [-0.15, -0.1) is 11.8 Å². The van der Waals surface area contributed by atoms with Gasteiger partial charge in [0, 0.05) is 11.8 Å². The molecule has 1 aromatic rings. The zero-order valence-electron chi connectivity index (χ0n) is 9.90. The van der Waals surface area contributed by atoms with Gasteiger partial charge >= 0.3 is 0 Å². The summed E-state index contributed by atoms with van der Waals surface area (Å²) in [6.45, 7) is 4.10. The van der Waals surface area contributed by atoms with Crippen molar-refractivity contribution in [1.82, 2.24) is 5.32 Å². The van der Waals surface area contributed by atoms with Crippen LogP contribution in [0, 0.1) is 0 Å². The van der Waals surface area contributed by atoms with E-state index in [9.17, 15) is 4.79 Å². The number of amides is 1. The SMILES string of the molecule is CCC(C)NC(=O)CSCc1ccccc1. The molecule has 1 amide bonds. The third-order valence-electron chi connectivity index (χ3n) is 2.36. The Balaban J connectivity index is 2.18. The van der Waals surface area contributed by atoms with Gasteiger partial charge in [0.1, 0.15) is 0 Å². The van der Waals surface area contributed by atoms with E-state index in [-0.39, 0.29) is 11.9 Å². The van der Waals surface area contributed by atoms with Crippen molar-refractivity contribution in [3.05, 3.63) is 35.9 Å². The van der Waals surface area contributed by atoms with Gasteiger partial charge in [0.15, 0.2) is 0 Å². The number of rotatable bonds is 6. The summed E-state index contributed by atoms with van der Waals surface area (Å²) >= 11 is 1.65. The zero-order chi connectivity index (χ0) is 11.8. The molecule has 0 aliphatic carbocycles. The van der Waals surface area contributed by atoms with Gasteiger partial charge < -0.3 is 5.32 Å². The topological polar surface area (TPSA) is 29.1 Å². The van der Waals surface area contributed by atoms with Crippen molar-refractivity contribution in [3.63, 3.8) is 0 Å². The second kappa shape index (κ2) is 7.34. The fourth-order valence-corrected chi connectivity index (χ4v) is 2.05. The van der Waals surface area contributed by atoms with E-state index in [2.05, 4.69) is 24.4 Å². The van der Waals surface area contributed by atoms with Gasteiger partial charge in [-0.25, -0.2) is 0 Å². The quantitative estimate of drug-likeness (QED) is 0.824. The van der Waals surface area contributed by atoms with Gasteiger partial charge in [-0.3, -0.25) is 4.79 Å². The van der Waals surface area contributed by atoms with Crippen LogP contribution < -0.4 is 5.32 Å². The van der Waals surface area contributed by atoms with Gasteiger partial charge in [-0.2, -0.15) is 0 Å². The Morgan fingerprint density at radius 2 is 2.06 bits per heavy atom. The van der Waals surface area contributed by atoms with Crippen LogP contribution in [-0.4, -0.2) is 17.7 Å². The van der Waals surface area contributed by atoms with Gasteiger partial charge in [-0.1, -0.05) is 37.3 Å². The molecule has 3 heteroatoms. The van der Waals surface area contributed by atoms with Crippen LogP contribution in [0.25, 0.3) is 0 Å². The number of hydrogen-bond donors (Lipinski definition) is 1. The van der Waals surface area contributed by atoms with Crippen LogP contribution in [0.1, 0.15) is 25.8 Å². The van der Waals surface area contributed by atoms with Crippen LogP contribution in [0.4, 0.5) is 0 Å². The maximum atomic E-state index is 11.5. The van der Waals surface area contributed by atoms with E-state index in [1.165, 1.54) is 5.56 Å². The van der Waals surface area contributed by atoms with Crippen molar-refractivity contribution in [3.8, 4) is 0 Å². The van der Waals surface area contributed by atoms with Crippen LogP contribution >= 0.6 is 11.8 Å². The van der Waals surface area contributed by atoms with Crippen LogP contribution in [0.5, 0.6) is 0 Å². The minimum atomic E-state index is 0.135. The first kappa shape index (κ1) is 13.1. The second-order valence-electron chi connectivity index (χ2n) is 3.86. The monoisotopic (exact) mass is 237 g/mol. The minimum Gasteiger partial charge on any atom is -0.353 e. The summed E-state index contributed by atoms with van der Waals surface area (Å²) < 4.78 is 0. The third-order valence-corrected chi connectivity index (χ3v) is 3.37. The van der Waals surface area contributed by atoms with Gasteiger partial charge in [0.05, 0.1) is 5.75 Å². The molecule has 0 aromatic heterocycles. The molecule has 0 bridgehead atoms. The summed E-state index contributed by atoms with van der Waals surface area (Å²) in [4.78, 5) is 11.5. The Kier molecular flexibility index (Phi) is 6.01. The van der Waals surface area contributed by atoms with Crippen molar-refractivity contribution in [1.29, 1.82) is 0 Å². The normalized spacial score (nSPS) is 12.1. The fraction of sp³-hybridized carbons (Fsp3) is 0.462. The van der Waals surface area contributed by atoms with Gasteiger partial charge in [0.2, 0.25) is 5.91 Å². The van der Waals surface area contributed by atoms with Gasteiger partial charge in [-0.05, 0) is 18.9 Å². The Morgan fingerprint density at radius 1 is 1.38 bits per heavy atom. The highest BCUT2D eigenvalue weighted by atomic mass is 32.2. The molecule has 0 aliphatic rings. The number of hydrogen-bond acceptors (Lipinski definition) is 2. The lowest BCUT2D eigenvalue weighted by atomic mass is 10.2. The summed E-state index contributed by atoms with van der Waals surface area (Å²) in [7, 11) is 0. The first-order chi connectivity index (χ1) is 7.72. The first-order valence-corrected chi connectivity index (χ1v) is 6.79. The van der Waals surface area contributed by atoms with Crippen LogP contribution in [0.3, 0.4) is 0 Å². The van der Waals surface area contributed by atoms with Crippen LogP contribution in [-0.2, 0) is 10.5 Å². The van der Waals surface area contributed by atoms with E-state index in [0.29, 0.717) is 5.75 Å². The Hall–Kier alpha value is -0.960. The molecule has 0 fully saturated rings. The molecule has 1 N–H and O–H groups in total. The average Bonchev–Trinajstić information content (AvgIpc) is 2.30. The molecule has 88 valence electrons. The van der Waals surface area contributed by atoms with Crippen LogP contribution in [0.2, 0.25) is 0 Å². The standard InChI is InChI=1S/C13H19NOS/c1-3-11(2)14-13(15)10-16-9-12-7-5-4-6-8-12/h4-8,11H,3,9-10H2,1-2H3,(H,14,15). The van der Waals surface area contributed by atoms with Crippen molar-refractivity contribution in [2.75, 3.05) is 5.75 Å². The van der Waals surface area contributed by atoms with E-state index in [1.54, 1.807) is 11.8 Å². The van der Waals surface area contributed by atoms with E-state index in [4.69, 9.17) is 0 Å².